The minimum atomic E-state index is -0.432. The maximum atomic E-state index is 11.9. The van der Waals surface area contributed by atoms with Crippen LogP contribution >= 0.6 is 15.9 Å². The summed E-state index contributed by atoms with van der Waals surface area (Å²) in [6, 6.07) is 3.05. The molecule has 1 aromatic heterocycles. The van der Waals surface area contributed by atoms with E-state index in [1.54, 1.807) is 17.2 Å². The van der Waals surface area contributed by atoms with Crippen LogP contribution in [0.3, 0.4) is 0 Å². The zero-order valence-electron chi connectivity index (χ0n) is 9.17. The molecule has 1 fully saturated rings. The zero-order chi connectivity index (χ0) is 12.4. The van der Waals surface area contributed by atoms with Crippen LogP contribution in [0.2, 0.25) is 0 Å². The fraction of sp³-hybridized carbons (Fsp3) is 0.455. The van der Waals surface area contributed by atoms with E-state index in [9.17, 15) is 14.7 Å². The van der Waals surface area contributed by atoms with Crippen molar-refractivity contribution in [1.82, 2.24) is 9.47 Å². The molecule has 1 aromatic rings. The van der Waals surface area contributed by atoms with E-state index < -0.39 is 6.10 Å². The number of pyridine rings is 1. The van der Waals surface area contributed by atoms with E-state index in [1.807, 2.05) is 0 Å². The first-order chi connectivity index (χ1) is 8.06. The third-order valence-electron chi connectivity index (χ3n) is 2.77. The number of halogens is 1. The van der Waals surface area contributed by atoms with Gasteiger partial charge in [-0.2, -0.15) is 0 Å². The first-order valence-electron chi connectivity index (χ1n) is 5.38. The molecule has 1 N–H and O–H groups in total. The zero-order valence-corrected chi connectivity index (χ0v) is 10.8. The topological polar surface area (TPSA) is 62.5 Å². The molecule has 0 bridgehead atoms. The third kappa shape index (κ3) is 2.95. The van der Waals surface area contributed by atoms with Gasteiger partial charge in [-0.1, -0.05) is 0 Å². The van der Waals surface area contributed by atoms with Gasteiger partial charge in [0, 0.05) is 29.8 Å². The molecule has 1 saturated heterocycles. The SMILES string of the molecule is O=C(Cn1cc(Br)ccc1=O)N1CC[C@@H](O)C1. The Kier molecular flexibility index (Phi) is 3.63. The number of aliphatic hydroxyl groups excluding tert-OH is 1. The van der Waals surface area contributed by atoms with Gasteiger partial charge in [0.2, 0.25) is 5.91 Å². The van der Waals surface area contributed by atoms with Gasteiger partial charge in [0.25, 0.3) is 5.56 Å². The second kappa shape index (κ2) is 5.01. The molecule has 17 heavy (non-hydrogen) atoms. The predicted octanol–water partition coefficient (Wildman–Crippen LogP) is 0.204. The number of β-amino-alcohol motifs (C(OH)–C–C–N with tert-alkyl or cyclic N) is 1. The van der Waals surface area contributed by atoms with Crippen molar-refractivity contribution in [3.8, 4) is 0 Å². The summed E-state index contributed by atoms with van der Waals surface area (Å²) in [6.07, 6.45) is 1.77. The van der Waals surface area contributed by atoms with Gasteiger partial charge in [-0.15, -0.1) is 0 Å². The van der Waals surface area contributed by atoms with Crippen LogP contribution in [0.5, 0.6) is 0 Å². The maximum Gasteiger partial charge on any atom is 0.251 e. The summed E-state index contributed by atoms with van der Waals surface area (Å²) in [6.45, 7) is 0.940. The van der Waals surface area contributed by atoms with E-state index in [2.05, 4.69) is 15.9 Å². The lowest BCUT2D eigenvalue weighted by molar-refractivity contribution is -0.131. The molecule has 1 aliphatic rings. The lowest BCUT2D eigenvalue weighted by atomic mass is 10.3. The summed E-state index contributed by atoms with van der Waals surface area (Å²) in [5.41, 5.74) is -0.207. The highest BCUT2D eigenvalue weighted by Gasteiger charge is 2.24. The summed E-state index contributed by atoms with van der Waals surface area (Å²) >= 11 is 3.25. The Morgan fingerprint density at radius 3 is 2.94 bits per heavy atom. The van der Waals surface area contributed by atoms with Gasteiger partial charge in [-0.3, -0.25) is 9.59 Å². The van der Waals surface area contributed by atoms with E-state index in [0.29, 0.717) is 19.5 Å². The van der Waals surface area contributed by atoms with Gasteiger partial charge in [0.05, 0.1) is 6.10 Å². The Hall–Kier alpha value is -1.14. The van der Waals surface area contributed by atoms with Crippen molar-refractivity contribution in [2.75, 3.05) is 13.1 Å². The molecule has 2 rings (SSSR count). The number of nitrogens with zero attached hydrogens (tertiary/aromatic N) is 2. The van der Waals surface area contributed by atoms with Crippen molar-refractivity contribution in [2.45, 2.75) is 19.1 Å². The highest BCUT2D eigenvalue weighted by molar-refractivity contribution is 9.10. The number of aliphatic hydroxyl groups is 1. The summed E-state index contributed by atoms with van der Waals surface area (Å²) in [7, 11) is 0. The van der Waals surface area contributed by atoms with E-state index in [1.165, 1.54) is 10.6 Å². The number of carbonyl (C=O) groups is 1. The minimum absolute atomic E-state index is 0.0188. The molecule has 0 aliphatic carbocycles. The van der Waals surface area contributed by atoms with Crippen molar-refractivity contribution >= 4 is 21.8 Å². The third-order valence-corrected chi connectivity index (χ3v) is 3.24. The van der Waals surface area contributed by atoms with Gasteiger partial charge in [0.15, 0.2) is 0 Å². The quantitative estimate of drug-likeness (QED) is 0.849. The molecule has 0 spiro atoms. The van der Waals surface area contributed by atoms with Crippen molar-refractivity contribution in [1.29, 1.82) is 0 Å². The largest absolute Gasteiger partial charge is 0.391 e. The standard InChI is InChI=1S/C11H13BrN2O3/c12-8-1-2-10(16)14(5-8)7-11(17)13-4-3-9(15)6-13/h1-2,5,9,15H,3-4,6-7H2/t9-/m1/s1. The van der Waals surface area contributed by atoms with Crippen molar-refractivity contribution in [3.05, 3.63) is 33.2 Å². The molecule has 0 aromatic carbocycles. The highest BCUT2D eigenvalue weighted by atomic mass is 79.9. The van der Waals surface area contributed by atoms with Crippen molar-refractivity contribution < 1.29 is 9.90 Å². The van der Waals surface area contributed by atoms with Crippen LogP contribution in [0.4, 0.5) is 0 Å². The smallest absolute Gasteiger partial charge is 0.251 e. The Morgan fingerprint density at radius 2 is 2.29 bits per heavy atom. The molecule has 5 nitrogen and oxygen atoms in total. The summed E-state index contributed by atoms with van der Waals surface area (Å²) in [5, 5.41) is 9.34. The predicted molar refractivity (Wildman–Crippen MR) is 65.6 cm³/mol. The minimum Gasteiger partial charge on any atom is -0.391 e. The first kappa shape index (κ1) is 12.3. The summed E-state index contributed by atoms with van der Waals surface area (Å²) in [5.74, 6) is -0.137. The lowest BCUT2D eigenvalue weighted by Crippen LogP contribution is -2.35. The fourth-order valence-corrected chi connectivity index (χ4v) is 2.22. The monoisotopic (exact) mass is 300 g/mol. The van der Waals surface area contributed by atoms with Crippen LogP contribution in [0.25, 0.3) is 0 Å². The van der Waals surface area contributed by atoms with Gasteiger partial charge >= 0.3 is 0 Å². The second-order valence-electron chi connectivity index (χ2n) is 4.10. The van der Waals surface area contributed by atoms with Crippen molar-refractivity contribution in [2.24, 2.45) is 0 Å². The molecular weight excluding hydrogens is 288 g/mol. The molecule has 2 heterocycles. The number of rotatable bonds is 2. The highest BCUT2D eigenvalue weighted by Crippen LogP contribution is 2.10. The average molecular weight is 301 g/mol. The molecule has 92 valence electrons. The number of hydrogen-bond donors (Lipinski definition) is 1. The molecule has 1 amide bonds. The van der Waals surface area contributed by atoms with Crippen LogP contribution in [0.15, 0.2) is 27.6 Å². The Balaban J connectivity index is 2.08. The number of aromatic nitrogens is 1. The number of carbonyl (C=O) groups excluding carboxylic acids is 1. The molecule has 0 radical (unpaired) electrons. The fourth-order valence-electron chi connectivity index (χ4n) is 1.84. The van der Waals surface area contributed by atoms with Crippen LogP contribution < -0.4 is 5.56 Å². The Labute approximate surface area is 107 Å². The number of likely N-dealkylation sites (tertiary alicyclic amines) is 1. The molecule has 6 heteroatoms. The Bertz CT molecular complexity index is 486. The molecule has 0 saturated carbocycles. The normalized spacial score (nSPS) is 19.6. The summed E-state index contributed by atoms with van der Waals surface area (Å²) in [4.78, 5) is 25.0. The van der Waals surface area contributed by atoms with E-state index >= 15 is 0 Å². The molecular formula is C11H13BrN2O3. The second-order valence-corrected chi connectivity index (χ2v) is 5.01. The molecule has 1 aliphatic heterocycles. The van der Waals surface area contributed by atoms with Crippen LogP contribution in [0.1, 0.15) is 6.42 Å². The van der Waals surface area contributed by atoms with Crippen LogP contribution in [0, 0.1) is 0 Å². The average Bonchev–Trinajstić information content (AvgIpc) is 2.70. The molecule has 1 atom stereocenters. The van der Waals surface area contributed by atoms with Crippen LogP contribution in [-0.2, 0) is 11.3 Å². The van der Waals surface area contributed by atoms with E-state index in [0.717, 1.165) is 4.47 Å². The Morgan fingerprint density at radius 1 is 1.53 bits per heavy atom. The van der Waals surface area contributed by atoms with Gasteiger partial charge in [0.1, 0.15) is 6.54 Å². The van der Waals surface area contributed by atoms with Gasteiger partial charge in [-0.05, 0) is 28.4 Å². The lowest BCUT2D eigenvalue weighted by Gasteiger charge is -2.16. The number of amides is 1. The maximum absolute atomic E-state index is 11.9. The molecule has 0 unspecified atom stereocenters. The summed E-state index contributed by atoms with van der Waals surface area (Å²) < 4.78 is 2.11. The van der Waals surface area contributed by atoms with E-state index in [4.69, 9.17) is 0 Å². The van der Waals surface area contributed by atoms with Gasteiger partial charge in [-0.25, -0.2) is 0 Å². The first-order valence-corrected chi connectivity index (χ1v) is 6.17. The van der Waals surface area contributed by atoms with E-state index in [-0.39, 0.29) is 18.0 Å². The number of hydrogen-bond acceptors (Lipinski definition) is 3. The van der Waals surface area contributed by atoms with Crippen LogP contribution in [-0.4, -0.2) is 39.7 Å². The van der Waals surface area contributed by atoms with Gasteiger partial charge < -0.3 is 14.6 Å². The van der Waals surface area contributed by atoms with Crippen molar-refractivity contribution in [3.63, 3.8) is 0 Å².